The van der Waals surface area contributed by atoms with Crippen molar-refractivity contribution >= 4 is 195 Å². The minimum atomic E-state index is 0.632. The summed E-state index contributed by atoms with van der Waals surface area (Å²) in [5.41, 5.74) is 26.5. The van der Waals surface area contributed by atoms with Crippen LogP contribution in [0.1, 0.15) is 0 Å². The molecule has 0 aliphatic heterocycles. The fourth-order valence-electron chi connectivity index (χ4n) is 24.2. The molecular formula is C138H84N12. The first-order chi connectivity index (χ1) is 74.4. The van der Waals surface area contributed by atoms with Gasteiger partial charge in [-0.3, -0.25) is 0 Å². The van der Waals surface area contributed by atoms with Gasteiger partial charge in [0.15, 0.2) is 34.9 Å². The van der Waals surface area contributed by atoms with E-state index >= 15 is 0 Å². The second kappa shape index (κ2) is 33.6. The van der Waals surface area contributed by atoms with Crippen molar-refractivity contribution in [3.63, 3.8) is 0 Å². The lowest BCUT2D eigenvalue weighted by Gasteiger charge is -2.15. The van der Waals surface area contributed by atoms with E-state index in [2.05, 4.69) is 464 Å². The molecule has 8 heterocycles. The monoisotopic (exact) mass is 1910 g/mol. The lowest BCUT2D eigenvalue weighted by Crippen LogP contribution is -2.00. The van der Waals surface area contributed by atoms with Crippen molar-refractivity contribution in [3.8, 4) is 102 Å². The van der Waals surface area contributed by atoms with Crippen molar-refractivity contribution in [2.75, 3.05) is 0 Å². The summed E-state index contributed by atoms with van der Waals surface area (Å²) in [6.45, 7) is 0. The second-order valence-corrected chi connectivity index (χ2v) is 39.1. The standard InChI is InChI=1S/2C69H42N6/c1-3-17-43(18-4-1)67-70-68(44-19-5-2-6-20-44)72-69(71-67)45-31-35-51-52-36-32-46(40-58(52)50-22-8-7-21-49(50)57(51)39-45)74-63-29-15-11-25-55(63)60-42-48(34-38-65(60)74)75-64-30-16-12-26-56(64)59-41-47(33-37-66(59)75)73-61-27-13-9-23-53(61)54-24-10-14-28-62(54)73;1-3-17-43(18-4-1)67-70-68(44-19-5-2-6-20-44)72-69(71-67)45-31-35-51-49-21-7-8-22-50(49)52-36-32-46(40-58(52)57(51)39-45)74-63-29-15-11-25-55(63)60-42-48(34-38-65(60)74)75-64-30-16-12-26-56(64)59-41-47(33-37-66(59)75)73-61-27-13-9-23-53(61)54-24-10-14-28-62(54)73/h2*1-42H. The van der Waals surface area contributed by atoms with Crippen LogP contribution in [-0.2, 0) is 0 Å². The van der Waals surface area contributed by atoms with Crippen molar-refractivity contribution < 1.29 is 0 Å². The molecular weight excluding hydrogens is 1830 g/mol. The highest BCUT2D eigenvalue weighted by atomic mass is 15.1. The minimum Gasteiger partial charge on any atom is -0.309 e. The zero-order valence-corrected chi connectivity index (χ0v) is 80.9. The van der Waals surface area contributed by atoms with Crippen LogP contribution in [0.15, 0.2) is 510 Å². The molecule has 0 saturated heterocycles. The van der Waals surface area contributed by atoms with Crippen LogP contribution in [0.2, 0.25) is 0 Å². The molecule has 24 aromatic carbocycles. The van der Waals surface area contributed by atoms with E-state index in [1.165, 1.54) is 163 Å². The lowest BCUT2D eigenvalue weighted by atomic mass is 9.93. The first-order valence-corrected chi connectivity index (χ1v) is 51.0. The second-order valence-electron chi connectivity index (χ2n) is 39.1. The number of nitrogens with zero attached hydrogens (tertiary/aromatic N) is 12. The molecule has 0 atom stereocenters. The van der Waals surface area contributed by atoms with Gasteiger partial charge in [0, 0.05) is 132 Å². The van der Waals surface area contributed by atoms with Gasteiger partial charge < -0.3 is 27.4 Å². The van der Waals surface area contributed by atoms with Crippen LogP contribution in [0.25, 0.3) is 298 Å². The summed E-state index contributed by atoms with van der Waals surface area (Å²) < 4.78 is 14.6. The normalized spacial score (nSPS) is 12.0. The van der Waals surface area contributed by atoms with E-state index in [0.717, 1.165) is 100 Å². The third-order valence-corrected chi connectivity index (χ3v) is 30.9. The van der Waals surface area contributed by atoms with Gasteiger partial charge in [0.05, 0.1) is 66.2 Å². The molecule has 32 aromatic rings. The summed E-state index contributed by atoms with van der Waals surface area (Å²) in [6.07, 6.45) is 0. The average molecular weight is 1910 g/mol. The van der Waals surface area contributed by atoms with Crippen molar-refractivity contribution in [3.05, 3.63) is 510 Å². The van der Waals surface area contributed by atoms with Crippen LogP contribution in [0.4, 0.5) is 0 Å². The van der Waals surface area contributed by atoms with Gasteiger partial charge in [-0.2, -0.15) is 0 Å². The predicted molar refractivity (Wildman–Crippen MR) is 623 cm³/mol. The Morgan fingerprint density at radius 2 is 0.240 bits per heavy atom. The van der Waals surface area contributed by atoms with Crippen molar-refractivity contribution in [2.24, 2.45) is 0 Å². The fraction of sp³-hybridized carbons (Fsp3) is 0. The SMILES string of the molecule is c1ccc(-c2nc(-c3ccccc3)nc(-c3ccc4c5ccc(-n6c7ccccc7c7cc(-n8c9ccccc9c9cc(-n%10c%11ccccc%11c%11ccccc%11%10)ccc98)ccc76)cc5c5ccccc5c4c3)n2)cc1.c1ccc(-c2nc(-c3ccccc3)nc(-c3ccc4c5ccccc5c5ccc(-n6c7ccccc7c7cc(-n8c9ccccc9c9cc(-n%10c%11ccccc%11c%11ccccc%11%10)ccc98)ccc76)cc5c4c3)n2)cc1. The van der Waals surface area contributed by atoms with E-state index in [9.17, 15) is 0 Å². The Hall–Kier alpha value is -20.3. The number of hydrogen-bond acceptors (Lipinski definition) is 6. The largest absolute Gasteiger partial charge is 0.309 e. The smallest absolute Gasteiger partial charge is 0.164 e. The Balaban J connectivity index is 0.000000135. The number of aromatic nitrogens is 12. The van der Waals surface area contributed by atoms with E-state index in [4.69, 9.17) is 29.9 Å². The Morgan fingerprint density at radius 3 is 0.480 bits per heavy atom. The summed E-state index contributed by atoms with van der Waals surface area (Å²) in [5.74, 6) is 3.85. The summed E-state index contributed by atoms with van der Waals surface area (Å²) in [6, 6.07) is 184. The minimum absolute atomic E-state index is 0.632. The third-order valence-electron chi connectivity index (χ3n) is 30.9. The molecule has 12 nitrogen and oxygen atoms in total. The highest BCUT2D eigenvalue weighted by Gasteiger charge is 2.27. The maximum Gasteiger partial charge on any atom is 0.164 e. The Kier molecular flexibility index (Phi) is 18.9. The molecule has 150 heavy (non-hydrogen) atoms. The van der Waals surface area contributed by atoms with Gasteiger partial charge >= 0.3 is 0 Å². The van der Waals surface area contributed by atoms with Crippen molar-refractivity contribution in [1.29, 1.82) is 0 Å². The molecule has 0 fully saturated rings. The van der Waals surface area contributed by atoms with E-state index in [1.54, 1.807) is 0 Å². The van der Waals surface area contributed by atoms with E-state index in [1.807, 2.05) is 72.8 Å². The summed E-state index contributed by atoms with van der Waals surface area (Å²) in [7, 11) is 0. The van der Waals surface area contributed by atoms with Crippen LogP contribution < -0.4 is 0 Å². The van der Waals surface area contributed by atoms with Crippen LogP contribution >= 0.6 is 0 Å². The van der Waals surface area contributed by atoms with E-state index in [-0.39, 0.29) is 0 Å². The molecule has 32 rings (SSSR count). The molecule has 0 aliphatic carbocycles. The van der Waals surface area contributed by atoms with Crippen molar-refractivity contribution in [2.45, 2.75) is 0 Å². The highest BCUT2D eigenvalue weighted by molar-refractivity contribution is 6.29. The first kappa shape index (κ1) is 84.2. The zero-order valence-electron chi connectivity index (χ0n) is 80.9. The number of para-hydroxylation sites is 8. The molecule has 12 heteroatoms. The summed E-state index contributed by atoms with van der Waals surface area (Å²) in [4.78, 5) is 30.4. The zero-order chi connectivity index (χ0) is 98.3. The Labute approximate surface area is 858 Å². The van der Waals surface area contributed by atoms with Crippen LogP contribution in [-0.4, -0.2) is 57.3 Å². The molecule has 0 radical (unpaired) electrons. The molecule has 696 valence electrons. The molecule has 0 saturated carbocycles. The van der Waals surface area contributed by atoms with E-state index in [0.29, 0.717) is 34.9 Å². The fourth-order valence-corrected chi connectivity index (χ4v) is 24.2. The van der Waals surface area contributed by atoms with Crippen molar-refractivity contribution in [1.82, 2.24) is 57.3 Å². The molecule has 0 aliphatic rings. The Morgan fingerprint density at radius 1 is 0.0933 bits per heavy atom. The van der Waals surface area contributed by atoms with Crippen LogP contribution in [0.3, 0.4) is 0 Å². The number of rotatable bonds is 12. The Bertz CT molecular complexity index is 11000. The van der Waals surface area contributed by atoms with Gasteiger partial charge in [0.1, 0.15) is 0 Å². The average Bonchev–Trinajstić information content (AvgIpc) is 0.919. The third kappa shape index (κ3) is 13.2. The van der Waals surface area contributed by atoms with Gasteiger partial charge in [-0.25, -0.2) is 29.9 Å². The molecule has 0 spiro atoms. The molecule has 0 N–H and O–H groups in total. The van der Waals surface area contributed by atoms with Crippen LogP contribution in [0, 0.1) is 0 Å². The maximum atomic E-state index is 5.14. The summed E-state index contributed by atoms with van der Waals surface area (Å²) >= 11 is 0. The summed E-state index contributed by atoms with van der Waals surface area (Å²) in [5, 5.41) is 29.0. The lowest BCUT2D eigenvalue weighted by molar-refractivity contribution is 1.07. The maximum absolute atomic E-state index is 5.14. The molecule has 0 unspecified atom stereocenters. The van der Waals surface area contributed by atoms with Gasteiger partial charge in [0.25, 0.3) is 0 Å². The highest BCUT2D eigenvalue weighted by Crippen LogP contribution is 2.48. The predicted octanol–water partition coefficient (Wildman–Crippen LogP) is 35.2. The topological polar surface area (TPSA) is 107 Å². The molecule has 0 amide bonds. The molecule has 8 aromatic heterocycles. The molecule has 0 bridgehead atoms. The van der Waals surface area contributed by atoms with Gasteiger partial charge in [-0.05, 0) is 222 Å². The van der Waals surface area contributed by atoms with Gasteiger partial charge in [0.2, 0.25) is 0 Å². The van der Waals surface area contributed by atoms with Gasteiger partial charge in [-0.1, -0.05) is 352 Å². The first-order valence-electron chi connectivity index (χ1n) is 51.0. The van der Waals surface area contributed by atoms with Crippen LogP contribution in [0.5, 0.6) is 0 Å². The van der Waals surface area contributed by atoms with Gasteiger partial charge in [-0.15, -0.1) is 0 Å². The quantitative estimate of drug-likeness (QED) is 0.113. The number of hydrogen-bond donors (Lipinski definition) is 0. The number of benzene rings is 24. The number of fused-ring (bicyclic) bond motifs is 30. The van der Waals surface area contributed by atoms with E-state index < -0.39 is 0 Å².